The topological polar surface area (TPSA) is 79.5 Å². The molecule has 7 heteroatoms. The smallest absolute Gasteiger partial charge is 0.224 e. The molecule has 1 amide bonds. The standard InChI is InChI=1S/C23H26N4O3/c1-29-20-9-8-16(12-21(20)30-2)13-23(28)24-18-10-11-27(15-18)22-14-19(25-26-22)17-6-4-3-5-7-17/h3-9,12,14,18H,10-11,13,15H2,1-2H3,(H,24,28)(H,25,26). The first-order valence-corrected chi connectivity index (χ1v) is 10.0. The minimum Gasteiger partial charge on any atom is -0.493 e. The predicted molar refractivity (Wildman–Crippen MR) is 116 cm³/mol. The van der Waals surface area contributed by atoms with Crippen LogP contribution in [0.3, 0.4) is 0 Å². The number of anilines is 1. The van der Waals surface area contributed by atoms with E-state index in [1.807, 2.05) is 36.4 Å². The lowest BCUT2D eigenvalue weighted by Gasteiger charge is -2.16. The zero-order valence-corrected chi connectivity index (χ0v) is 17.2. The Bertz CT molecular complexity index is 1000. The van der Waals surface area contributed by atoms with E-state index >= 15 is 0 Å². The van der Waals surface area contributed by atoms with Gasteiger partial charge in [0.1, 0.15) is 0 Å². The number of hydrogen-bond donors (Lipinski definition) is 2. The van der Waals surface area contributed by atoms with Crippen LogP contribution in [-0.2, 0) is 11.2 Å². The van der Waals surface area contributed by atoms with Gasteiger partial charge in [-0.3, -0.25) is 9.89 Å². The van der Waals surface area contributed by atoms with E-state index in [2.05, 4.69) is 38.6 Å². The molecule has 0 saturated carbocycles. The Kier molecular flexibility index (Phi) is 5.88. The van der Waals surface area contributed by atoms with Crippen molar-refractivity contribution in [1.82, 2.24) is 15.5 Å². The SMILES string of the molecule is COc1ccc(CC(=O)NC2CCN(c3cc(-c4ccccc4)[nH]n3)C2)cc1OC. The van der Waals surface area contributed by atoms with Crippen LogP contribution in [0, 0.1) is 0 Å². The fourth-order valence-corrected chi connectivity index (χ4v) is 3.78. The van der Waals surface area contributed by atoms with Crippen LogP contribution in [0.15, 0.2) is 54.6 Å². The molecule has 2 heterocycles. The molecule has 0 spiro atoms. The van der Waals surface area contributed by atoms with Crippen molar-refractivity contribution in [3.8, 4) is 22.8 Å². The Morgan fingerprint density at radius 2 is 1.93 bits per heavy atom. The highest BCUT2D eigenvalue weighted by Gasteiger charge is 2.25. The Labute approximate surface area is 176 Å². The number of aromatic nitrogens is 2. The number of carbonyl (C=O) groups excluding carboxylic acids is 1. The molecule has 0 radical (unpaired) electrons. The first-order valence-electron chi connectivity index (χ1n) is 10.0. The molecule has 0 bridgehead atoms. The van der Waals surface area contributed by atoms with Crippen LogP contribution in [0.5, 0.6) is 11.5 Å². The number of benzene rings is 2. The van der Waals surface area contributed by atoms with E-state index < -0.39 is 0 Å². The number of hydrogen-bond acceptors (Lipinski definition) is 5. The van der Waals surface area contributed by atoms with Gasteiger partial charge in [0, 0.05) is 25.2 Å². The predicted octanol–water partition coefficient (Wildman–Crippen LogP) is 3.03. The van der Waals surface area contributed by atoms with Gasteiger partial charge in [-0.25, -0.2) is 0 Å². The van der Waals surface area contributed by atoms with Gasteiger partial charge in [0.15, 0.2) is 17.3 Å². The van der Waals surface area contributed by atoms with E-state index in [0.29, 0.717) is 17.9 Å². The van der Waals surface area contributed by atoms with E-state index in [-0.39, 0.29) is 11.9 Å². The molecule has 156 valence electrons. The molecule has 1 aliphatic heterocycles. The van der Waals surface area contributed by atoms with Crippen molar-refractivity contribution in [2.75, 3.05) is 32.2 Å². The molecule has 30 heavy (non-hydrogen) atoms. The van der Waals surface area contributed by atoms with Crippen molar-refractivity contribution in [2.24, 2.45) is 0 Å². The number of amides is 1. The summed E-state index contributed by atoms with van der Waals surface area (Å²) < 4.78 is 10.6. The average molecular weight is 406 g/mol. The van der Waals surface area contributed by atoms with E-state index in [0.717, 1.165) is 42.1 Å². The average Bonchev–Trinajstić information content (AvgIpc) is 3.44. The second kappa shape index (κ2) is 8.90. The summed E-state index contributed by atoms with van der Waals surface area (Å²) in [5.41, 5.74) is 2.99. The van der Waals surface area contributed by atoms with Gasteiger partial charge in [-0.05, 0) is 29.7 Å². The number of nitrogens with zero attached hydrogens (tertiary/aromatic N) is 2. The van der Waals surface area contributed by atoms with Crippen molar-refractivity contribution >= 4 is 11.7 Å². The van der Waals surface area contributed by atoms with Crippen LogP contribution in [-0.4, -0.2) is 49.5 Å². The first-order chi connectivity index (χ1) is 14.7. The third kappa shape index (κ3) is 4.40. The highest BCUT2D eigenvalue weighted by atomic mass is 16.5. The number of carbonyl (C=O) groups is 1. The molecule has 2 N–H and O–H groups in total. The van der Waals surface area contributed by atoms with Crippen molar-refractivity contribution < 1.29 is 14.3 Å². The molecule has 1 fully saturated rings. The maximum absolute atomic E-state index is 12.5. The molecule has 7 nitrogen and oxygen atoms in total. The zero-order chi connectivity index (χ0) is 20.9. The second-order valence-electron chi connectivity index (χ2n) is 7.37. The Morgan fingerprint density at radius 1 is 1.13 bits per heavy atom. The Morgan fingerprint density at radius 3 is 2.70 bits per heavy atom. The van der Waals surface area contributed by atoms with Gasteiger partial charge in [0.2, 0.25) is 5.91 Å². The monoisotopic (exact) mass is 406 g/mol. The Hall–Kier alpha value is -3.48. The molecule has 4 rings (SSSR count). The molecule has 1 aromatic heterocycles. The highest BCUT2D eigenvalue weighted by molar-refractivity contribution is 5.79. The van der Waals surface area contributed by atoms with Gasteiger partial charge in [0.25, 0.3) is 0 Å². The van der Waals surface area contributed by atoms with Crippen LogP contribution in [0.1, 0.15) is 12.0 Å². The number of nitrogens with one attached hydrogen (secondary N) is 2. The fourth-order valence-electron chi connectivity index (χ4n) is 3.78. The minimum absolute atomic E-state index is 0.000993. The van der Waals surface area contributed by atoms with Crippen molar-refractivity contribution in [1.29, 1.82) is 0 Å². The number of ether oxygens (including phenoxy) is 2. The van der Waals surface area contributed by atoms with Gasteiger partial charge in [0.05, 0.1) is 26.3 Å². The largest absolute Gasteiger partial charge is 0.493 e. The van der Waals surface area contributed by atoms with E-state index in [1.54, 1.807) is 14.2 Å². The number of H-pyrrole nitrogens is 1. The minimum atomic E-state index is 0.000993. The third-order valence-electron chi connectivity index (χ3n) is 5.34. The van der Waals surface area contributed by atoms with Gasteiger partial charge >= 0.3 is 0 Å². The molecule has 0 aliphatic carbocycles. The maximum atomic E-state index is 12.5. The molecular formula is C23H26N4O3. The van der Waals surface area contributed by atoms with Gasteiger partial charge in [-0.1, -0.05) is 36.4 Å². The quantitative estimate of drug-likeness (QED) is 0.631. The van der Waals surface area contributed by atoms with E-state index in [9.17, 15) is 4.79 Å². The molecule has 1 saturated heterocycles. The third-order valence-corrected chi connectivity index (χ3v) is 5.34. The highest BCUT2D eigenvalue weighted by Crippen LogP contribution is 2.28. The van der Waals surface area contributed by atoms with Gasteiger partial charge in [-0.2, -0.15) is 5.10 Å². The molecular weight excluding hydrogens is 380 g/mol. The molecule has 1 aliphatic rings. The summed E-state index contributed by atoms with van der Waals surface area (Å²) in [6, 6.07) is 17.8. The lowest BCUT2D eigenvalue weighted by molar-refractivity contribution is -0.121. The van der Waals surface area contributed by atoms with Gasteiger partial charge < -0.3 is 19.7 Å². The molecule has 1 atom stereocenters. The summed E-state index contributed by atoms with van der Waals surface area (Å²) in [4.78, 5) is 14.7. The first kappa shape index (κ1) is 19.8. The van der Waals surface area contributed by atoms with Crippen LogP contribution < -0.4 is 19.7 Å². The summed E-state index contributed by atoms with van der Waals surface area (Å²) >= 11 is 0. The summed E-state index contributed by atoms with van der Waals surface area (Å²) in [7, 11) is 3.19. The normalized spacial score (nSPS) is 15.8. The fraction of sp³-hybridized carbons (Fsp3) is 0.304. The van der Waals surface area contributed by atoms with E-state index in [1.165, 1.54) is 0 Å². The van der Waals surface area contributed by atoms with Crippen molar-refractivity contribution in [2.45, 2.75) is 18.9 Å². The summed E-state index contributed by atoms with van der Waals surface area (Å²) in [5.74, 6) is 2.19. The molecule has 2 aromatic carbocycles. The summed E-state index contributed by atoms with van der Waals surface area (Å²) in [5, 5.41) is 10.7. The molecule has 1 unspecified atom stereocenters. The maximum Gasteiger partial charge on any atom is 0.224 e. The summed E-state index contributed by atoms with van der Waals surface area (Å²) in [6.07, 6.45) is 1.20. The number of rotatable bonds is 7. The van der Waals surface area contributed by atoms with E-state index in [4.69, 9.17) is 9.47 Å². The Balaban J connectivity index is 1.33. The van der Waals surface area contributed by atoms with Crippen LogP contribution in [0.25, 0.3) is 11.3 Å². The van der Waals surface area contributed by atoms with Crippen molar-refractivity contribution in [3.63, 3.8) is 0 Å². The van der Waals surface area contributed by atoms with Crippen molar-refractivity contribution in [3.05, 3.63) is 60.2 Å². The lowest BCUT2D eigenvalue weighted by Crippen LogP contribution is -2.38. The number of methoxy groups -OCH3 is 2. The second-order valence-corrected chi connectivity index (χ2v) is 7.37. The lowest BCUT2D eigenvalue weighted by atomic mass is 10.1. The zero-order valence-electron chi connectivity index (χ0n) is 17.2. The summed E-state index contributed by atoms with van der Waals surface area (Å²) in [6.45, 7) is 1.61. The van der Waals surface area contributed by atoms with Gasteiger partial charge in [-0.15, -0.1) is 0 Å². The van der Waals surface area contributed by atoms with Crippen LogP contribution in [0.4, 0.5) is 5.82 Å². The molecule has 3 aromatic rings. The number of aromatic amines is 1. The van der Waals surface area contributed by atoms with Crippen LogP contribution in [0.2, 0.25) is 0 Å². The van der Waals surface area contributed by atoms with Crippen LogP contribution >= 0.6 is 0 Å².